The van der Waals surface area contributed by atoms with Gasteiger partial charge in [0, 0.05) is 75.8 Å². The number of anilines is 2. The molecule has 2 aromatic heterocycles. The fourth-order valence-electron chi connectivity index (χ4n) is 4.99. The molecule has 0 amide bonds. The van der Waals surface area contributed by atoms with Gasteiger partial charge in [-0.15, -0.1) is 0 Å². The summed E-state index contributed by atoms with van der Waals surface area (Å²) in [5, 5.41) is 7.22. The van der Waals surface area contributed by atoms with Crippen LogP contribution >= 0.6 is 0 Å². The summed E-state index contributed by atoms with van der Waals surface area (Å²) in [4.78, 5) is 30.4. The van der Waals surface area contributed by atoms with Crippen LogP contribution in [0.5, 0.6) is 0 Å². The third-order valence-electron chi connectivity index (χ3n) is 6.63. The molecule has 0 radical (unpaired) electrons. The molecule has 2 N–H and O–H groups in total. The minimum absolute atomic E-state index is 0.0995. The summed E-state index contributed by atoms with van der Waals surface area (Å²) in [5.41, 5.74) is 3.62. The zero-order valence-corrected chi connectivity index (χ0v) is 20.0. The summed E-state index contributed by atoms with van der Waals surface area (Å²) in [7, 11) is 1.77. The summed E-state index contributed by atoms with van der Waals surface area (Å²) in [5.74, 6) is 0.660. The van der Waals surface area contributed by atoms with Gasteiger partial charge < -0.3 is 20.4 Å². The van der Waals surface area contributed by atoms with Gasteiger partial charge in [0.2, 0.25) is 5.95 Å². The first-order valence-electron chi connectivity index (χ1n) is 11.9. The molecule has 34 heavy (non-hydrogen) atoms. The third-order valence-corrected chi connectivity index (χ3v) is 6.63. The van der Waals surface area contributed by atoms with E-state index < -0.39 is 0 Å². The van der Waals surface area contributed by atoms with Crippen molar-refractivity contribution in [3.05, 3.63) is 64.8 Å². The quantitative estimate of drug-likeness (QED) is 0.607. The molecule has 1 aromatic carbocycles. The summed E-state index contributed by atoms with van der Waals surface area (Å²) in [6.45, 7) is 8.82. The Labute approximate surface area is 199 Å². The number of piperazine rings is 2. The molecule has 0 spiro atoms. The molecular formula is C25H32N8O. The standard InChI is InChI=1S/C25H32N8O/c1-17-13-33(14-18(2)29-17)20-6-4-19(5-7-20)23-15-32(11-10-27-23)25-30-22(12-24(34)31(25)3)21-8-9-26-16-28-21/h4-9,12,16-18,23,27,29H,10-11,13-15H2,1-3H3/t17-,18+,23-/m1/s1. The lowest BCUT2D eigenvalue weighted by Gasteiger charge is -2.38. The highest BCUT2D eigenvalue weighted by Gasteiger charge is 2.25. The molecule has 3 aromatic rings. The predicted octanol–water partition coefficient (Wildman–Crippen LogP) is 1.57. The van der Waals surface area contributed by atoms with E-state index in [1.165, 1.54) is 23.6 Å². The number of nitrogens with zero attached hydrogens (tertiary/aromatic N) is 6. The molecule has 0 unspecified atom stereocenters. The van der Waals surface area contributed by atoms with Gasteiger partial charge in [-0.3, -0.25) is 9.36 Å². The minimum atomic E-state index is -0.0995. The second-order valence-electron chi connectivity index (χ2n) is 9.35. The second kappa shape index (κ2) is 9.52. The Morgan fingerprint density at radius 3 is 2.44 bits per heavy atom. The molecule has 2 fully saturated rings. The van der Waals surface area contributed by atoms with Crippen LogP contribution in [0.3, 0.4) is 0 Å². The van der Waals surface area contributed by atoms with E-state index in [1.54, 1.807) is 23.9 Å². The second-order valence-corrected chi connectivity index (χ2v) is 9.35. The van der Waals surface area contributed by atoms with Crippen LogP contribution in [0.4, 0.5) is 11.6 Å². The van der Waals surface area contributed by atoms with Gasteiger partial charge in [-0.25, -0.2) is 15.0 Å². The Morgan fingerprint density at radius 1 is 0.971 bits per heavy atom. The first kappa shape index (κ1) is 22.5. The van der Waals surface area contributed by atoms with Crippen LogP contribution in [0.1, 0.15) is 25.5 Å². The number of aromatic nitrogens is 4. The normalized spacial score (nSPS) is 23.2. The lowest BCUT2D eigenvalue weighted by molar-refractivity contribution is 0.407. The largest absolute Gasteiger partial charge is 0.368 e. The average Bonchev–Trinajstić information content (AvgIpc) is 2.86. The molecule has 5 rings (SSSR count). The first-order chi connectivity index (χ1) is 16.5. The van der Waals surface area contributed by atoms with Crippen molar-refractivity contribution in [3.63, 3.8) is 0 Å². The highest BCUT2D eigenvalue weighted by Crippen LogP contribution is 2.25. The average molecular weight is 461 g/mol. The minimum Gasteiger partial charge on any atom is -0.368 e. The van der Waals surface area contributed by atoms with Gasteiger partial charge in [-0.2, -0.15) is 0 Å². The Kier molecular flexibility index (Phi) is 6.30. The Hall–Kier alpha value is -3.30. The molecular weight excluding hydrogens is 428 g/mol. The van der Waals surface area contributed by atoms with Crippen molar-refractivity contribution in [1.29, 1.82) is 0 Å². The zero-order valence-electron chi connectivity index (χ0n) is 20.0. The van der Waals surface area contributed by atoms with Crippen LogP contribution in [-0.2, 0) is 7.05 Å². The van der Waals surface area contributed by atoms with Crippen molar-refractivity contribution >= 4 is 11.6 Å². The van der Waals surface area contributed by atoms with Crippen molar-refractivity contribution < 1.29 is 0 Å². The molecule has 3 atom stereocenters. The van der Waals surface area contributed by atoms with Crippen LogP contribution in [0.2, 0.25) is 0 Å². The Bertz CT molecular complexity index is 1170. The Balaban J connectivity index is 1.35. The molecule has 4 heterocycles. The first-order valence-corrected chi connectivity index (χ1v) is 11.9. The third kappa shape index (κ3) is 4.67. The molecule has 0 aliphatic carbocycles. The van der Waals surface area contributed by atoms with Crippen LogP contribution in [-0.4, -0.2) is 64.3 Å². The van der Waals surface area contributed by atoms with E-state index in [1.807, 2.05) is 0 Å². The van der Waals surface area contributed by atoms with Crippen molar-refractivity contribution in [2.75, 3.05) is 42.5 Å². The molecule has 0 bridgehead atoms. The molecule has 0 saturated carbocycles. The van der Waals surface area contributed by atoms with Crippen molar-refractivity contribution in [2.24, 2.45) is 7.05 Å². The highest BCUT2D eigenvalue weighted by atomic mass is 16.1. The molecule has 9 heteroatoms. The maximum absolute atomic E-state index is 12.7. The summed E-state index contributed by atoms with van der Waals surface area (Å²) in [6.07, 6.45) is 3.13. The van der Waals surface area contributed by atoms with Crippen LogP contribution in [0.25, 0.3) is 11.4 Å². The number of rotatable bonds is 4. The van der Waals surface area contributed by atoms with Gasteiger partial charge in [-0.1, -0.05) is 12.1 Å². The van der Waals surface area contributed by atoms with Crippen molar-refractivity contribution in [2.45, 2.75) is 32.0 Å². The van der Waals surface area contributed by atoms with E-state index >= 15 is 0 Å². The zero-order chi connectivity index (χ0) is 23.7. The fourth-order valence-corrected chi connectivity index (χ4v) is 4.99. The maximum atomic E-state index is 12.7. The van der Waals surface area contributed by atoms with Gasteiger partial charge in [-0.05, 0) is 37.6 Å². The van der Waals surface area contributed by atoms with E-state index in [0.717, 1.165) is 32.7 Å². The highest BCUT2D eigenvalue weighted by molar-refractivity contribution is 5.55. The summed E-state index contributed by atoms with van der Waals surface area (Å²) < 4.78 is 1.61. The molecule has 9 nitrogen and oxygen atoms in total. The molecule has 2 saturated heterocycles. The lowest BCUT2D eigenvalue weighted by Crippen LogP contribution is -2.54. The van der Waals surface area contributed by atoms with Crippen molar-refractivity contribution in [1.82, 2.24) is 30.2 Å². The van der Waals surface area contributed by atoms with E-state index in [2.05, 4.69) is 68.5 Å². The van der Waals surface area contributed by atoms with E-state index in [-0.39, 0.29) is 11.6 Å². The van der Waals surface area contributed by atoms with E-state index in [4.69, 9.17) is 4.98 Å². The number of hydrogen-bond donors (Lipinski definition) is 2. The molecule has 178 valence electrons. The van der Waals surface area contributed by atoms with Crippen LogP contribution in [0, 0.1) is 0 Å². The van der Waals surface area contributed by atoms with Gasteiger partial charge >= 0.3 is 0 Å². The van der Waals surface area contributed by atoms with Gasteiger partial charge in [0.05, 0.1) is 11.4 Å². The molecule has 2 aliphatic rings. The van der Waals surface area contributed by atoms with Gasteiger partial charge in [0.15, 0.2) is 0 Å². The summed E-state index contributed by atoms with van der Waals surface area (Å²) in [6, 6.07) is 13.3. The number of benzene rings is 1. The fraction of sp³-hybridized carbons (Fsp3) is 0.440. The monoisotopic (exact) mass is 460 g/mol. The smallest absolute Gasteiger partial charge is 0.255 e. The topological polar surface area (TPSA) is 91.2 Å². The number of nitrogens with one attached hydrogen (secondary N) is 2. The Morgan fingerprint density at radius 2 is 1.74 bits per heavy atom. The van der Waals surface area contributed by atoms with Gasteiger partial charge in [0.1, 0.15) is 6.33 Å². The lowest BCUT2D eigenvalue weighted by atomic mass is 10.0. The van der Waals surface area contributed by atoms with Crippen LogP contribution in [0.15, 0.2) is 53.7 Å². The van der Waals surface area contributed by atoms with Gasteiger partial charge in [0.25, 0.3) is 5.56 Å². The predicted molar refractivity (Wildman–Crippen MR) is 134 cm³/mol. The summed E-state index contributed by atoms with van der Waals surface area (Å²) >= 11 is 0. The maximum Gasteiger partial charge on any atom is 0.255 e. The van der Waals surface area contributed by atoms with E-state index in [0.29, 0.717) is 29.4 Å². The number of hydrogen-bond acceptors (Lipinski definition) is 8. The van der Waals surface area contributed by atoms with E-state index in [9.17, 15) is 4.79 Å². The van der Waals surface area contributed by atoms with Crippen molar-refractivity contribution in [3.8, 4) is 11.4 Å². The SMILES string of the molecule is C[C@@H]1CN(c2ccc([C@H]3CN(c4nc(-c5ccncn5)cc(=O)n4C)CCN3)cc2)C[C@H](C)N1. The van der Waals surface area contributed by atoms with Crippen LogP contribution < -0.4 is 26.0 Å². The molecule has 2 aliphatic heterocycles.